The molecular weight excluding hydrogens is 429 g/mol. The van der Waals surface area contributed by atoms with Crippen LogP contribution in [-0.2, 0) is 17.8 Å². The van der Waals surface area contributed by atoms with Crippen molar-refractivity contribution in [1.82, 2.24) is 10.3 Å². The quantitative estimate of drug-likeness (QED) is 0.589. The van der Waals surface area contributed by atoms with Crippen molar-refractivity contribution < 1.29 is 9.53 Å². The molecule has 0 unspecified atom stereocenters. The van der Waals surface area contributed by atoms with E-state index in [9.17, 15) is 4.79 Å². The number of ether oxygens (including phenoxy) is 1. The molecule has 1 heterocycles. The van der Waals surface area contributed by atoms with E-state index in [0.717, 1.165) is 29.3 Å². The maximum Gasteiger partial charge on any atom is 0.226 e. The van der Waals surface area contributed by atoms with Crippen molar-refractivity contribution >= 4 is 53.7 Å². The standard InChI is InChI=1S/C18H24ClN3O2S.2ClH/c1-3-18(20,4-2)12-21-16(23)9-14-11-25-17(22-14)10-24-15-7-5-13(19)6-8-15;;/h5-8,11H,3-4,9-10,12,20H2,1-2H3,(H,21,23);2*1H. The van der Waals surface area contributed by atoms with Crippen LogP contribution in [0.2, 0.25) is 5.02 Å². The summed E-state index contributed by atoms with van der Waals surface area (Å²) in [6.45, 7) is 4.91. The van der Waals surface area contributed by atoms with Crippen molar-refractivity contribution in [2.24, 2.45) is 5.73 Å². The zero-order valence-electron chi connectivity index (χ0n) is 15.4. The summed E-state index contributed by atoms with van der Waals surface area (Å²) in [5.74, 6) is 0.671. The van der Waals surface area contributed by atoms with Crippen LogP contribution in [0.5, 0.6) is 5.75 Å². The van der Waals surface area contributed by atoms with E-state index in [0.29, 0.717) is 18.2 Å². The van der Waals surface area contributed by atoms with Crippen LogP contribution in [0.4, 0.5) is 0 Å². The van der Waals surface area contributed by atoms with E-state index in [4.69, 9.17) is 22.1 Å². The van der Waals surface area contributed by atoms with Crippen LogP contribution < -0.4 is 15.8 Å². The normalized spacial score (nSPS) is 10.5. The monoisotopic (exact) mass is 453 g/mol. The molecule has 0 aliphatic rings. The number of rotatable bonds is 9. The van der Waals surface area contributed by atoms with Crippen molar-refractivity contribution in [3.63, 3.8) is 0 Å². The van der Waals surface area contributed by atoms with Gasteiger partial charge in [0.2, 0.25) is 5.91 Å². The Hall–Kier alpha value is -1.05. The number of carbonyl (C=O) groups excluding carboxylic acids is 1. The number of thiazole rings is 1. The van der Waals surface area contributed by atoms with Crippen LogP contribution in [0.1, 0.15) is 37.4 Å². The second kappa shape index (κ2) is 12.4. The molecule has 152 valence electrons. The van der Waals surface area contributed by atoms with Gasteiger partial charge in [0.1, 0.15) is 17.4 Å². The van der Waals surface area contributed by atoms with Crippen LogP contribution >= 0.6 is 47.8 Å². The summed E-state index contributed by atoms with van der Waals surface area (Å²) in [6.07, 6.45) is 1.90. The summed E-state index contributed by atoms with van der Waals surface area (Å²) in [6, 6.07) is 7.17. The van der Waals surface area contributed by atoms with Crippen molar-refractivity contribution in [2.75, 3.05) is 6.54 Å². The number of hydrogen-bond acceptors (Lipinski definition) is 5. The van der Waals surface area contributed by atoms with Gasteiger partial charge in [-0.1, -0.05) is 25.4 Å². The van der Waals surface area contributed by atoms with Gasteiger partial charge in [-0.3, -0.25) is 4.79 Å². The number of halogens is 3. The number of nitrogens with one attached hydrogen (secondary N) is 1. The second-order valence-electron chi connectivity index (χ2n) is 6.00. The van der Waals surface area contributed by atoms with E-state index in [1.165, 1.54) is 11.3 Å². The molecule has 0 radical (unpaired) electrons. The molecule has 0 saturated heterocycles. The molecule has 5 nitrogen and oxygen atoms in total. The molecule has 0 aliphatic carbocycles. The molecule has 27 heavy (non-hydrogen) atoms. The van der Waals surface area contributed by atoms with Gasteiger partial charge in [0.25, 0.3) is 0 Å². The molecule has 1 aromatic heterocycles. The SMILES string of the molecule is CCC(N)(CC)CNC(=O)Cc1csc(COc2ccc(Cl)cc2)n1.Cl.Cl. The Balaban J connectivity index is 0.00000338. The predicted molar refractivity (Wildman–Crippen MR) is 117 cm³/mol. The first-order valence-electron chi connectivity index (χ1n) is 8.31. The predicted octanol–water partition coefficient (Wildman–Crippen LogP) is 4.40. The van der Waals surface area contributed by atoms with E-state index >= 15 is 0 Å². The molecule has 0 bridgehead atoms. The average Bonchev–Trinajstić information content (AvgIpc) is 3.06. The fraction of sp³-hybridized carbons (Fsp3) is 0.444. The molecule has 2 aromatic rings. The van der Waals surface area contributed by atoms with Crippen LogP contribution in [-0.4, -0.2) is 23.0 Å². The summed E-state index contributed by atoms with van der Waals surface area (Å²) < 4.78 is 5.66. The number of amides is 1. The van der Waals surface area contributed by atoms with Crippen molar-refractivity contribution in [2.45, 2.75) is 45.3 Å². The van der Waals surface area contributed by atoms with Crippen molar-refractivity contribution in [1.29, 1.82) is 0 Å². The summed E-state index contributed by atoms with van der Waals surface area (Å²) in [5, 5.41) is 6.28. The fourth-order valence-corrected chi connectivity index (χ4v) is 3.00. The Labute approximate surface area is 181 Å². The fourth-order valence-electron chi connectivity index (χ4n) is 2.17. The summed E-state index contributed by atoms with van der Waals surface area (Å²) >= 11 is 7.32. The first-order chi connectivity index (χ1) is 11.9. The number of benzene rings is 1. The smallest absolute Gasteiger partial charge is 0.226 e. The zero-order chi connectivity index (χ0) is 18.3. The number of carbonyl (C=O) groups is 1. The number of nitrogens with zero attached hydrogens (tertiary/aromatic N) is 1. The molecule has 0 fully saturated rings. The van der Waals surface area contributed by atoms with E-state index in [-0.39, 0.29) is 42.7 Å². The molecule has 2 rings (SSSR count). The topological polar surface area (TPSA) is 77.2 Å². The van der Waals surface area contributed by atoms with Crippen molar-refractivity contribution in [3.8, 4) is 5.75 Å². The summed E-state index contributed by atoms with van der Waals surface area (Å²) in [7, 11) is 0. The van der Waals surface area contributed by atoms with Gasteiger partial charge in [-0.25, -0.2) is 4.98 Å². The molecule has 0 atom stereocenters. The molecule has 9 heteroatoms. The lowest BCUT2D eigenvalue weighted by atomic mass is 9.94. The third-order valence-electron chi connectivity index (χ3n) is 4.16. The Kier molecular flexibility index (Phi) is 11.9. The van der Waals surface area contributed by atoms with Gasteiger partial charge in [-0.05, 0) is 37.1 Å². The minimum atomic E-state index is -0.338. The lowest BCUT2D eigenvalue weighted by Gasteiger charge is -2.26. The number of aromatic nitrogens is 1. The van der Waals surface area contributed by atoms with E-state index < -0.39 is 0 Å². The number of hydrogen-bond donors (Lipinski definition) is 2. The lowest BCUT2D eigenvalue weighted by Crippen LogP contribution is -2.49. The molecule has 3 N–H and O–H groups in total. The summed E-state index contributed by atoms with van der Waals surface area (Å²) in [4.78, 5) is 16.5. The number of nitrogens with two attached hydrogens (primary N) is 1. The second-order valence-corrected chi connectivity index (χ2v) is 7.38. The third kappa shape index (κ3) is 8.66. The van der Waals surface area contributed by atoms with Crippen LogP contribution in [0.3, 0.4) is 0 Å². The van der Waals surface area contributed by atoms with Crippen molar-refractivity contribution in [3.05, 3.63) is 45.4 Å². The Morgan fingerprint density at radius 1 is 1.26 bits per heavy atom. The third-order valence-corrected chi connectivity index (χ3v) is 5.29. The van der Waals surface area contributed by atoms with Gasteiger partial charge in [0.05, 0.1) is 12.1 Å². The maximum absolute atomic E-state index is 12.1. The van der Waals surface area contributed by atoms with Gasteiger partial charge in [-0.2, -0.15) is 0 Å². The highest BCUT2D eigenvalue weighted by molar-refractivity contribution is 7.09. The molecule has 1 aromatic carbocycles. The maximum atomic E-state index is 12.1. The Bertz CT molecular complexity index is 691. The molecule has 0 aliphatic heterocycles. The highest BCUT2D eigenvalue weighted by Crippen LogP contribution is 2.18. The minimum Gasteiger partial charge on any atom is -0.486 e. The van der Waals surface area contributed by atoms with Gasteiger partial charge in [0.15, 0.2) is 0 Å². The van der Waals surface area contributed by atoms with Crippen LogP contribution in [0.15, 0.2) is 29.6 Å². The van der Waals surface area contributed by atoms with E-state index in [1.807, 2.05) is 31.4 Å². The lowest BCUT2D eigenvalue weighted by molar-refractivity contribution is -0.120. The Morgan fingerprint density at radius 2 is 1.89 bits per heavy atom. The molecule has 0 saturated carbocycles. The highest BCUT2D eigenvalue weighted by Gasteiger charge is 2.21. The first-order valence-corrected chi connectivity index (χ1v) is 9.57. The average molecular weight is 455 g/mol. The van der Waals surface area contributed by atoms with E-state index in [2.05, 4.69) is 10.3 Å². The van der Waals surface area contributed by atoms with Gasteiger partial charge >= 0.3 is 0 Å². The molecule has 1 amide bonds. The minimum absolute atomic E-state index is 0. The Morgan fingerprint density at radius 3 is 2.48 bits per heavy atom. The van der Waals surface area contributed by atoms with E-state index in [1.54, 1.807) is 12.1 Å². The van der Waals surface area contributed by atoms with Crippen LogP contribution in [0.25, 0.3) is 0 Å². The van der Waals surface area contributed by atoms with Gasteiger partial charge in [0, 0.05) is 22.5 Å². The van der Waals surface area contributed by atoms with Crippen LogP contribution in [0, 0.1) is 0 Å². The molecule has 0 spiro atoms. The van der Waals surface area contributed by atoms with Gasteiger partial charge in [-0.15, -0.1) is 36.2 Å². The largest absolute Gasteiger partial charge is 0.486 e. The zero-order valence-corrected chi connectivity index (χ0v) is 18.6. The molecular formula is C18H26Cl3N3O2S. The first kappa shape index (κ1) is 26.0. The summed E-state index contributed by atoms with van der Waals surface area (Å²) in [5.41, 5.74) is 6.60. The highest BCUT2D eigenvalue weighted by atomic mass is 35.5. The van der Waals surface area contributed by atoms with Gasteiger partial charge < -0.3 is 15.8 Å².